The van der Waals surface area contributed by atoms with Gasteiger partial charge in [0.15, 0.2) is 6.10 Å². The lowest BCUT2D eigenvalue weighted by Gasteiger charge is -2.35. The highest BCUT2D eigenvalue weighted by atomic mass is 35.5. The zero-order valence-corrected chi connectivity index (χ0v) is 12.6. The number of halogens is 4. The summed E-state index contributed by atoms with van der Waals surface area (Å²) in [5.41, 5.74) is 0. The van der Waals surface area contributed by atoms with Gasteiger partial charge in [0.05, 0.1) is 0 Å². The molecule has 1 aliphatic carbocycles. The maximum atomic E-state index is 12.6. The van der Waals surface area contributed by atoms with Gasteiger partial charge < -0.3 is 10.0 Å². The van der Waals surface area contributed by atoms with Crippen molar-refractivity contribution in [2.45, 2.75) is 43.9 Å². The van der Waals surface area contributed by atoms with Crippen LogP contribution in [0, 0.1) is 5.92 Å². The molecule has 1 aliphatic heterocycles. The molecule has 0 aromatic carbocycles. The summed E-state index contributed by atoms with van der Waals surface area (Å²) in [7, 11) is 0. The summed E-state index contributed by atoms with van der Waals surface area (Å²) in [6.45, 7) is 0.852. The Morgan fingerprint density at radius 2 is 1.82 bits per heavy atom. The molecule has 0 bridgehead atoms. The van der Waals surface area contributed by atoms with Crippen LogP contribution in [0.25, 0.3) is 0 Å². The Hall–Kier alpha value is -1.08. The second-order valence-electron chi connectivity index (χ2n) is 5.99. The molecule has 3 rings (SSSR count). The fourth-order valence-electron chi connectivity index (χ4n) is 2.82. The molecule has 2 aliphatic rings. The number of piperidine rings is 1. The minimum absolute atomic E-state index is 0.279. The molecule has 2 fully saturated rings. The number of alkyl halides is 3. The van der Waals surface area contributed by atoms with E-state index in [1.54, 1.807) is 6.07 Å². The number of aliphatic hydroxyl groups is 1. The smallest absolute Gasteiger partial charge is 0.383 e. The summed E-state index contributed by atoms with van der Waals surface area (Å²) < 4.78 is 37.7. The lowest BCUT2D eigenvalue weighted by atomic mass is 9.91. The first-order valence-electron chi connectivity index (χ1n) is 7.39. The van der Waals surface area contributed by atoms with Crippen LogP contribution in [-0.2, 0) is 0 Å². The highest BCUT2D eigenvalue weighted by molar-refractivity contribution is 6.29. The van der Waals surface area contributed by atoms with E-state index in [2.05, 4.69) is 9.97 Å². The number of aliphatic hydroxyl groups excluding tert-OH is 1. The number of hydrogen-bond donors (Lipinski definition) is 1. The van der Waals surface area contributed by atoms with Crippen molar-refractivity contribution in [3.63, 3.8) is 0 Å². The molecule has 122 valence electrons. The molecule has 2 heterocycles. The second-order valence-corrected chi connectivity index (χ2v) is 6.38. The maximum absolute atomic E-state index is 12.6. The van der Waals surface area contributed by atoms with Crippen LogP contribution in [0.3, 0.4) is 0 Å². The summed E-state index contributed by atoms with van der Waals surface area (Å²) in [6, 6.07) is 1.65. The molecule has 22 heavy (non-hydrogen) atoms. The average Bonchev–Trinajstić information content (AvgIpc) is 3.29. The molecule has 1 saturated heterocycles. The largest absolute Gasteiger partial charge is 0.414 e. The fourth-order valence-corrected chi connectivity index (χ4v) is 3.00. The van der Waals surface area contributed by atoms with Crippen LogP contribution in [0.15, 0.2) is 6.07 Å². The van der Waals surface area contributed by atoms with Crippen LogP contribution in [0.2, 0.25) is 5.15 Å². The van der Waals surface area contributed by atoms with Crippen LogP contribution >= 0.6 is 11.6 Å². The zero-order chi connectivity index (χ0) is 15.9. The number of rotatable bonds is 3. The van der Waals surface area contributed by atoms with Crippen LogP contribution in [-0.4, -0.2) is 40.4 Å². The van der Waals surface area contributed by atoms with Crippen molar-refractivity contribution < 1.29 is 18.3 Å². The Labute approximate surface area is 131 Å². The summed E-state index contributed by atoms with van der Waals surface area (Å²) in [6.07, 6.45) is -4.13. The lowest BCUT2D eigenvalue weighted by Crippen LogP contribution is -2.43. The van der Waals surface area contributed by atoms with E-state index in [-0.39, 0.29) is 12.8 Å². The fraction of sp³-hybridized carbons (Fsp3) is 0.714. The Balaban J connectivity index is 1.66. The molecule has 0 radical (unpaired) electrons. The standard InChI is InChI=1S/C14H17ClF3N3O/c15-10-7-11(20-13(19-10)9-1-2-9)21-5-3-8(4-6-21)12(22)14(16,17)18/h7-9,12,22H,1-6H2. The first kappa shape index (κ1) is 15.8. The van der Waals surface area contributed by atoms with E-state index in [0.717, 1.165) is 18.7 Å². The highest BCUT2D eigenvalue weighted by Crippen LogP contribution is 2.39. The van der Waals surface area contributed by atoms with Gasteiger partial charge in [-0.1, -0.05) is 11.6 Å². The molecule has 1 aromatic rings. The van der Waals surface area contributed by atoms with E-state index >= 15 is 0 Å². The van der Waals surface area contributed by atoms with Gasteiger partial charge in [0.25, 0.3) is 0 Å². The quantitative estimate of drug-likeness (QED) is 0.862. The maximum Gasteiger partial charge on any atom is 0.414 e. The second kappa shape index (κ2) is 5.85. The van der Waals surface area contributed by atoms with E-state index in [4.69, 9.17) is 11.6 Å². The number of anilines is 1. The van der Waals surface area contributed by atoms with Crippen molar-refractivity contribution >= 4 is 17.4 Å². The van der Waals surface area contributed by atoms with E-state index < -0.39 is 18.2 Å². The van der Waals surface area contributed by atoms with E-state index in [1.807, 2.05) is 4.90 Å². The third-order valence-electron chi connectivity index (χ3n) is 4.29. The molecular formula is C14H17ClF3N3O. The summed E-state index contributed by atoms with van der Waals surface area (Å²) in [4.78, 5) is 10.6. The van der Waals surface area contributed by atoms with E-state index in [0.29, 0.717) is 30.0 Å². The molecule has 1 N–H and O–H groups in total. The third-order valence-corrected chi connectivity index (χ3v) is 4.48. The summed E-state index contributed by atoms with van der Waals surface area (Å²) in [5, 5.41) is 9.71. The van der Waals surface area contributed by atoms with Gasteiger partial charge in [-0.3, -0.25) is 0 Å². The molecule has 1 saturated carbocycles. The SMILES string of the molecule is OC(C1CCN(c2cc(Cl)nc(C3CC3)n2)CC1)C(F)(F)F. The monoisotopic (exact) mass is 335 g/mol. The molecule has 0 spiro atoms. The summed E-state index contributed by atoms with van der Waals surface area (Å²) >= 11 is 6.01. The van der Waals surface area contributed by atoms with Gasteiger partial charge in [-0.05, 0) is 31.6 Å². The Morgan fingerprint density at radius 1 is 1.18 bits per heavy atom. The lowest BCUT2D eigenvalue weighted by molar-refractivity contribution is -0.221. The van der Waals surface area contributed by atoms with Gasteiger partial charge >= 0.3 is 6.18 Å². The van der Waals surface area contributed by atoms with Crippen molar-refractivity contribution in [2.24, 2.45) is 5.92 Å². The van der Waals surface area contributed by atoms with Crippen molar-refractivity contribution in [3.8, 4) is 0 Å². The molecule has 1 aromatic heterocycles. The van der Waals surface area contributed by atoms with Crippen molar-refractivity contribution in [2.75, 3.05) is 18.0 Å². The topological polar surface area (TPSA) is 49.2 Å². The first-order valence-corrected chi connectivity index (χ1v) is 7.76. The zero-order valence-electron chi connectivity index (χ0n) is 11.9. The van der Waals surface area contributed by atoms with Gasteiger partial charge in [-0.25, -0.2) is 9.97 Å². The first-order chi connectivity index (χ1) is 10.3. The van der Waals surface area contributed by atoms with Crippen LogP contribution in [0.4, 0.5) is 19.0 Å². The van der Waals surface area contributed by atoms with Crippen LogP contribution in [0.1, 0.15) is 37.4 Å². The third kappa shape index (κ3) is 3.46. The van der Waals surface area contributed by atoms with Gasteiger partial charge in [0.1, 0.15) is 16.8 Å². The number of nitrogens with zero attached hydrogens (tertiary/aromatic N) is 3. The van der Waals surface area contributed by atoms with Gasteiger partial charge in [0.2, 0.25) is 0 Å². The average molecular weight is 336 g/mol. The molecule has 0 amide bonds. The van der Waals surface area contributed by atoms with Gasteiger partial charge in [-0.15, -0.1) is 0 Å². The predicted molar refractivity (Wildman–Crippen MR) is 76.0 cm³/mol. The molecule has 1 atom stereocenters. The van der Waals surface area contributed by atoms with Crippen molar-refractivity contribution in [1.82, 2.24) is 9.97 Å². The van der Waals surface area contributed by atoms with Crippen LogP contribution < -0.4 is 4.90 Å². The van der Waals surface area contributed by atoms with Crippen LogP contribution in [0.5, 0.6) is 0 Å². The molecule has 8 heteroatoms. The minimum atomic E-state index is -4.55. The normalized spacial score (nSPS) is 22.0. The minimum Gasteiger partial charge on any atom is -0.383 e. The van der Waals surface area contributed by atoms with E-state index in [9.17, 15) is 18.3 Å². The molecule has 4 nitrogen and oxygen atoms in total. The summed E-state index contributed by atoms with van der Waals surface area (Å²) in [5.74, 6) is 1.00. The van der Waals surface area contributed by atoms with E-state index in [1.165, 1.54) is 0 Å². The Bertz CT molecular complexity index is 543. The van der Waals surface area contributed by atoms with Crippen molar-refractivity contribution in [3.05, 3.63) is 17.0 Å². The number of hydrogen-bond acceptors (Lipinski definition) is 4. The molecular weight excluding hydrogens is 319 g/mol. The Morgan fingerprint density at radius 3 is 2.36 bits per heavy atom. The predicted octanol–water partition coefficient (Wildman–Crippen LogP) is 3.15. The van der Waals surface area contributed by atoms with Gasteiger partial charge in [0, 0.05) is 25.1 Å². The van der Waals surface area contributed by atoms with Gasteiger partial charge in [-0.2, -0.15) is 13.2 Å². The molecule has 1 unspecified atom stereocenters. The number of aromatic nitrogens is 2. The Kier molecular flexibility index (Phi) is 4.20. The highest BCUT2D eigenvalue weighted by Gasteiger charge is 2.44. The van der Waals surface area contributed by atoms with Crippen molar-refractivity contribution in [1.29, 1.82) is 0 Å².